The van der Waals surface area contributed by atoms with Crippen LogP contribution < -0.4 is 0 Å². The molecule has 2 aliphatic rings. The minimum Gasteiger partial charge on any atom is -0.387 e. The Morgan fingerprint density at radius 3 is 1.89 bits per heavy atom. The molecule has 0 radical (unpaired) electrons. The lowest BCUT2D eigenvalue weighted by Crippen LogP contribution is -2.67. The summed E-state index contributed by atoms with van der Waals surface area (Å²) in [6.07, 6.45) is 6.26. The summed E-state index contributed by atoms with van der Waals surface area (Å²) in [5, 5.41) is 22.6. The van der Waals surface area contributed by atoms with Gasteiger partial charge in [0, 0.05) is 0 Å². The van der Waals surface area contributed by atoms with Gasteiger partial charge in [0.15, 0.2) is 0 Å². The Kier molecular flexibility index (Phi) is 3.81. The van der Waals surface area contributed by atoms with Gasteiger partial charge < -0.3 is 10.2 Å². The van der Waals surface area contributed by atoms with Gasteiger partial charge in [0.1, 0.15) is 0 Å². The third-order valence-corrected chi connectivity index (χ3v) is 6.04. The van der Waals surface area contributed by atoms with E-state index in [-0.39, 0.29) is 17.8 Å². The molecule has 0 heterocycles. The van der Waals surface area contributed by atoms with Crippen molar-refractivity contribution in [1.29, 1.82) is 0 Å². The van der Waals surface area contributed by atoms with Crippen LogP contribution >= 0.6 is 0 Å². The highest BCUT2D eigenvalue weighted by atomic mass is 16.4. The van der Waals surface area contributed by atoms with Crippen molar-refractivity contribution in [3.8, 4) is 0 Å². The molecule has 18 heavy (non-hydrogen) atoms. The zero-order valence-corrected chi connectivity index (χ0v) is 12.4. The lowest BCUT2D eigenvalue weighted by atomic mass is 9.54. The fourth-order valence-electron chi connectivity index (χ4n) is 4.68. The number of hydrogen-bond acceptors (Lipinski definition) is 2. The number of aliphatic hydroxyl groups is 2. The van der Waals surface area contributed by atoms with Gasteiger partial charge in [0.05, 0.1) is 11.2 Å². The Hall–Kier alpha value is -0.0800. The van der Waals surface area contributed by atoms with E-state index in [9.17, 15) is 10.2 Å². The van der Waals surface area contributed by atoms with E-state index in [1.807, 2.05) is 0 Å². The van der Waals surface area contributed by atoms with Crippen molar-refractivity contribution in [1.82, 2.24) is 0 Å². The zero-order chi connectivity index (χ0) is 13.6. The van der Waals surface area contributed by atoms with Gasteiger partial charge in [-0.25, -0.2) is 0 Å². The summed E-state index contributed by atoms with van der Waals surface area (Å²) in [5.74, 6) is 1.15. The molecule has 5 atom stereocenters. The minimum atomic E-state index is -0.890. The van der Waals surface area contributed by atoms with Crippen LogP contribution in [0.2, 0.25) is 0 Å². The predicted octanol–water partition coefficient (Wildman–Crippen LogP) is 3.36. The standard InChI is InChI=1S/C16H30O2/c1-11-8-9-12(2)15(17,10-11)16(18)13(3)6-5-7-14(16)4/h11-14,17-18H,5-10H2,1-4H3. The Morgan fingerprint density at radius 2 is 1.33 bits per heavy atom. The molecule has 2 heteroatoms. The first-order chi connectivity index (χ1) is 8.32. The monoisotopic (exact) mass is 254 g/mol. The van der Waals surface area contributed by atoms with Crippen molar-refractivity contribution in [3.63, 3.8) is 0 Å². The molecule has 2 nitrogen and oxygen atoms in total. The maximum atomic E-state index is 11.3. The minimum absolute atomic E-state index is 0.207. The third kappa shape index (κ3) is 1.92. The summed E-state index contributed by atoms with van der Waals surface area (Å²) < 4.78 is 0. The smallest absolute Gasteiger partial charge is 0.0986 e. The molecule has 0 saturated heterocycles. The summed E-state index contributed by atoms with van der Waals surface area (Å²) in [6, 6.07) is 0. The number of hydrogen-bond donors (Lipinski definition) is 2. The quantitative estimate of drug-likeness (QED) is 0.753. The van der Waals surface area contributed by atoms with Crippen LogP contribution in [0.1, 0.15) is 66.2 Å². The van der Waals surface area contributed by atoms with Crippen LogP contribution in [0, 0.1) is 23.7 Å². The van der Waals surface area contributed by atoms with Gasteiger partial charge in [-0.1, -0.05) is 40.5 Å². The second kappa shape index (κ2) is 4.79. The normalized spacial score (nSPS) is 54.3. The average molecular weight is 254 g/mol. The largest absolute Gasteiger partial charge is 0.387 e. The van der Waals surface area contributed by atoms with Crippen molar-refractivity contribution in [3.05, 3.63) is 0 Å². The molecule has 0 bridgehead atoms. The molecule has 0 spiro atoms. The zero-order valence-electron chi connectivity index (χ0n) is 12.4. The molecular weight excluding hydrogens is 224 g/mol. The summed E-state index contributed by atoms with van der Waals surface area (Å²) in [5.41, 5.74) is -1.77. The fourth-order valence-corrected chi connectivity index (χ4v) is 4.68. The van der Waals surface area contributed by atoms with Gasteiger partial charge in [0.2, 0.25) is 0 Å². The van der Waals surface area contributed by atoms with Gasteiger partial charge in [-0.05, 0) is 49.4 Å². The van der Waals surface area contributed by atoms with Crippen molar-refractivity contribution in [2.45, 2.75) is 77.4 Å². The fraction of sp³-hybridized carbons (Fsp3) is 1.00. The molecule has 0 amide bonds. The molecule has 106 valence electrons. The van der Waals surface area contributed by atoms with Crippen molar-refractivity contribution < 1.29 is 10.2 Å². The molecule has 0 aromatic carbocycles. The molecule has 2 aliphatic carbocycles. The first kappa shape index (κ1) is 14.3. The van der Waals surface area contributed by atoms with Crippen LogP contribution in [0.15, 0.2) is 0 Å². The van der Waals surface area contributed by atoms with Gasteiger partial charge in [-0.2, -0.15) is 0 Å². The third-order valence-electron chi connectivity index (χ3n) is 6.04. The highest BCUT2D eigenvalue weighted by Crippen LogP contribution is 2.53. The van der Waals surface area contributed by atoms with Crippen molar-refractivity contribution >= 4 is 0 Å². The first-order valence-corrected chi connectivity index (χ1v) is 7.77. The van der Waals surface area contributed by atoms with Gasteiger partial charge in [-0.15, -0.1) is 0 Å². The molecule has 0 aromatic rings. The summed E-state index contributed by atoms with van der Waals surface area (Å²) in [6.45, 7) is 8.58. The molecular formula is C16H30O2. The van der Waals surface area contributed by atoms with Gasteiger partial charge >= 0.3 is 0 Å². The molecule has 2 fully saturated rings. The van der Waals surface area contributed by atoms with E-state index in [2.05, 4.69) is 27.7 Å². The van der Waals surface area contributed by atoms with Gasteiger partial charge in [0.25, 0.3) is 0 Å². The van der Waals surface area contributed by atoms with Crippen LogP contribution in [-0.2, 0) is 0 Å². The van der Waals surface area contributed by atoms with Crippen LogP contribution in [0.25, 0.3) is 0 Å². The van der Waals surface area contributed by atoms with Gasteiger partial charge in [-0.3, -0.25) is 0 Å². The van der Waals surface area contributed by atoms with E-state index in [1.54, 1.807) is 0 Å². The maximum Gasteiger partial charge on any atom is 0.0986 e. The van der Waals surface area contributed by atoms with E-state index >= 15 is 0 Å². The molecule has 2 saturated carbocycles. The van der Waals surface area contributed by atoms with E-state index in [1.165, 1.54) is 12.8 Å². The van der Waals surface area contributed by atoms with Crippen LogP contribution in [0.3, 0.4) is 0 Å². The van der Waals surface area contributed by atoms with Crippen LogP contribution in [0.5, 0.6) is 0 Å². The highest BCUT2D eigenvalue weighted by Gasteiger charge is 2.59. The van der Waals surface area contributed by atoms with Crippen LogP contribution in [0.4, 0.5) is 0 Å². The summed E-state index contributed by atoms with van der Waals surface area (Å²) in [4.78, 5) is 0. The van der Waals surface area contributed by atoms with E-state index < -0.39 is 11.2 Å². The molecule has 0 aromatic heterocycles. The first-order valence-electron chi connectivity index (χ1n) is 7.77. The van der Waals surface area contributed by atoms with E-state index in [4.69, 9.17) is 0 Å². The maximum absolute atomic E-state index is 11.3. The van der Waals surface area contributed by atoms with E-state index in [0.717, 1.165) is 25.7 Å². The lowest BCUT2D eigenvalue weighted by Gasteiger charge is -2.58. The lowest BCUT2D eigenvalue weighted by molar-refractivity contribution is -0.252. The number of rotatable bonds is 1. The Morgan fingerprint density at radius 1 is 0.778 bits per heavy atom. The molecule has 5 unspecified atom stereocenters. The summed E-state index contributed by atoms with van der Waals surface area (Å²) in [7, 11) is 0. The van der Waals surface area contributed by atoms with Crippen molar-refractivity contribution in [2.75, 3.05) is 0 Å². The topological polar surface area (TPSA) is 40.5 Å². The molecule has 2 rings (SSSR count). The predicted molar refractivity (Wildman–Crippen MR) is 74.3 cm³/mol. The SMILES string of the molecule is CC1CCC(C)C(O)(C2(O)C(C)CCCC2C)C1. The highest BCUT2D eigenvalue weighted by molar-refractivity contribution is 5.10. The van der Waals surface area contributed by atoms with Crippen LogP contribution in [-0.4, -0.2) is 21.4 Å². The summed E-state index contributed by atoms with van der Waals surface area (Å²) >= 11 is 0. The second-order valence-electron chi connectivity index (χ2n) is 7.27. The van der Waals surface area contributed by atoms with Crippen molar-refractivity contribution in [2.24, 2.45) is 23.7 Å². The Bertz CT molecular complexity index is 291. The second-order valence-corrected chi connectivity index (χ2v) is 7.27. The Balaban J connectivity index is 2.35. The Labute approximate surface area is 112 Å². The van der Waals surface area contributed by atoms with E-state index in [0.29, 0.717) is 5.92 Å². The molecule has 2 N–H and O–H groups in total. The molecule has 0 aliphatic heterocycles. The average Bonchev–Trinajstić information content (AvgIpc) is 2.31.